The van der Waals surface area contributed by atoms with E-state index >= 15 is 0 Å². The van der Waals surface area contributed by atoms with Crippen molar-refractivity contribution in [3.63, 3.8) is 0 Å². The number of fused-ring (bicyclic) bond motifs is 2. The number of para-hydroxylation sites is 1. The molecule has 0 N–H and O–H groups in total. The summed E-state index contributed by atoms with van der Waals surface area (Å²) in [5.41, 5.74) is 2.96. The maximum atomic E-state index is 12.7. The highest BCUT2D eigenvalue weighted by molar-refractivity contribution is 7.88. The summed E-state index contributed by atoms with van der Waals surface area (Å²) in [4.78, 5) is 12.2. The van der Waals surface area contributed by atoms with Crippen molar-refractivity contribution in [3.05, 3.63) is 57.6 Å². The van der Waals surface area contributed by atoms with Gasteiger partial charge in [0, 0.05) is 30.5 Å². The summed E-state index contributed by atoms with van der Waals surface area (Å²) < 4.78 is 33.5. The Morgan fingerprint density at radius 1 is 1.18 bits per heavy atom. The maximum absolute atomic E-state index is 12.7. The molecular weight excluding hydrogens is 380 g/mol. The van der Waals surface area contributed by atoms with Gasteiger partial charge in [-0.15, -0.1) is 0 Å². The standard InChI is InChI=1S/C19H20N4O4S/c24-19-8-14-4-3-6-16(14)20-23(19)11-13-9-22(10-13)28(25,26)12-17-15-5-1-2-7-18(15)27-21-17/h1-2,5,7-8,13H,3-4,6,9-12H2. The molecule has 2 aromatic heterocycles. The highest BCUT2D eigenvalue weighted by Gasteiger charge is 2.37. The third kappa shape index (κ3) is 3.04. The van der Waals surface area contributed by atoms with Gasteiger partial charge in [0.25, 0.3) is 5.56 Å². The molecule has 3 heterocycles. The van der Waals surface area contributed by atoms with Gasteiger partial charge in [-0.2, -0.15) is 5.10 Å². The van der Waals surface area contributed by atoms with E-state index in [1.165, 1.54) is 8.99 Å². The van der Waals surface area contributed by atoms with Crippen LogP contribution in [0, 0.1) is 5.92 Å². The van der Waals surface area contributed by atoms with E-state index in [2.05, 4.69) is 10.3 Å². The van der Waals surface area contributed by atoms with Crippen LogP contribution in [0.2, 0.25) is 0 Å². The number of nitrogens with zero attached hydrogens (tertiary/aromatic N) is 4. The van der Waals surface area contributed by atoms with Crippen LogP contribution in [0.15, 0.2) is 39.6 Å². The second-order valence-electron chi connectivity index (χ2n) is 7.55. The van der Waals surface area contributed by atoms with Crippen LogP contribution in [-0.4, -0.2) is 40.7 Å². The van der Waals surface area contributed by atoms with Crippen molar-refractivity contribution in [2.24, 2.45) is 5.92 Å². The quantitative estimate of drug-likeness (QED) is 0.641. The minimum absolute atomic E-state index is 0.0912. The Hall–Kier alpha value is -2.52. The lowest BCUT2D eigenvalue weighted by atomic mass is 10.0. The van der Waals surface area contributed by atoms with Gasteiger partial charge in [0.15, 0.2) is 5.58 Å². The molecule has 0 spiro atoms. The summed E-state index contributed by atoms with van der Waals surface area (Å²) in [5.74, 6) is -0.0955. The van der Waals surface area contributed by atoms with Gasteiger partial charge >= 0.3 is 0 Å². The fraction of sp³-hybridized carbons (Fsp3) is 0.421. The molecule has 1 fully saturated rings. The molecule has 0 saturated carbocycles. The number of aryl methyl sites for hydroxylation is 2. The fourth-order valence-electron chi connectivity index (χ4n) is 3.99. The topological polar surface area (TPSA) is 98.3 Å². The summed E-state index contributed by atoms with van der Waals surface area (Å²) in [7, 11) is -3.48. The van der Waals surface area contributed by atoms with Crippen LogP contribution < -0.4 is 5.56 Å². The average Bonchev–Trinajstić information content (AvgIpc) is 3.24. The predicted octanol–water partition coefficient (Wildman–Crippen LogP) is 1.33. The zero-order chi connectivity index (χ0) is 19.3. The molecule has 0 amide bonds. The predicted molar refractivity (Wildman–Crippen MR) is 102 cm³/mol. The summed E-state index contributed by atoms with van der Waals surface area (Å²) in [6.07, 6.45) is 2.87. The Labute approximate surface area is 161 Å². The normalized spacial score (nSPS) is 17.7. The molecule has 1 saturated heterocycles. The second-order valence-corrected chi connectivity index (χ2v) is 9.52. The first-order valence-electron chi connectivity index (χ1n) is 9.41. The molecule has 0 unspecified atom stereocenters. The van der Waals surface area contributed by atoms with Crippen LogP contribution in [0.3, 0.4) is 0 Å². The van der Waals surface area contributed by atoms with Gasteiger partial charge in [-0.25, -0.2) is 17.4 Å². The summed E-state index contributed by atoms with van der Waals surface area (Å²) >= 11 is 0. The third-order valence-corrected chi connectivity index (χ3v) is 7.27. The van der Waals surface area contributed by atoms with Gasteiger partial charge in [-0.1, -0.05) is 17.3 Å². The number of rotatable bonds is 5. The first-order chi connectivity index (χ1) is 13.5. The Bertz CT molecular complexity index is 1210. The van der Waals surface area contributed by atoms with Crippen molar-refractivity contribution in [1.29, 1.82) is 0 Å². The molecule has 0 bridgehead atoms. The first-order valence-corrected chi connectivity index (χ1v) is 11.0. The zero-order valence-corrected chi connectivity index (χ0v) is 16.1. The fourth-order valence-corrected chi connectivity index (χ4v) is 5.60. The minimum Gasteiger partial charge on any atom is -0.356 e. The SMILES string of the molecule is O=c1cc2c(nn1CC1CN(S(=O)(=O)Cc3noc4ccccc34)C1)CCC2. The number of hydrogen-bond donors (Lipinski definition) is 0. The van der Waals surface area contributed by atoms with Gasteiger partial charge in [0.1, 0.15) is 11.4 Å². The van der Waals surface area contributed by atoms with Gasteiger partial charge in [0.05, 0.1) is 12.2 Å². The number of benzene rings is 1. The molecule has 28 heavy (non-hydrogen) atoms. The number of sulfonamides is 1. The third-order valence-electron chi connectivity index (χ3n) is 5.54. The lowest BCUT2D eigenvalue weighted by Gasteiger charge is -2.37. The number of hydrogen-bond acceptors (Lipinski definition) is 6. The lowest BCUT2D eigenvalue weighted by molar-refractivity contribution is 0.172. The Balaban J connectivity index is 1.26. The van der Waals surface area contributed by atoms with Crippen molar-refractivity contribution in [1.82, 2.24) is 19.2 Å². The molecule has 8 nitrogen and oxygen atoms in total. The molecule has 1 aromatic carbocycles. The first kappa shape index (κ1) is 17.6. The van der Waals surface area contributed by atoms with E-state index < -0.39 is 10.0 Å². The maximum Gasteiger partial charge on any atom is 0.267 e. The second kappa shape index (κ2) is 6.52. The minimum atomic E-state index is -3.48. The molecule has 1 aliphatic heterocycles. The van der Waals surface area contributed by atoms with Crippen molar-refractivity contribution >= 4 is 21.0 Å². The van der Waals surface area contributed by atoms with Gasteiger partial charge in [-0.05, 0) is 37.0 Å². The average molecular weight is 400 g/mol. The van der Waals surface area contributed by atoms with E-state index in [0.717, 1.165) is 35.9 Å². The summed E-state index contributed by atoms with van der Waals surface area (Å²) in [5, 5.41) is 9.11. The molecular formula is C19H20N4O4S. The van der Waals surface area contributed by atoms with Crippen molar-refractivity contribution in [2.45, 2.75) is 31.6 Å². The van der Waals surface area contributed by atoms with Crippen LogP contribution in [0.25, 0.3) is 11.0 Å². The molecule has 1 aliphatic carbocycles. The van der Waals surface area contributed by atoms with E-state index in [4.69, 9.17) is 4.52 Å². The van der Waals surface area contributed by atoms with Crippen LogP contribution in [-0.2, 0) is 35.2 Å². The Kier molecular flexibility index (Phi) is 4.09. The van der Waals surface area contributed by atoms with Crippen LogP contribution in [0.4, 0.5) is 0 Å². The largest absolute Gasteiger partial charge is 0.356 e. The molecule has 0 atom stereocenters. The molecule has 5 rings (SSSR count). The highest BCUT2D eigenvalue weighted by Crippen LogP contribution is 2.26. The van der Waals surface area contributed by atoms with Gasteiger partial charge < -0.3 is 4.52 Å². The van der Waals surface area contributed by atoms with Gasteiger partial charge in [-0.3, -0.25) is 4.79 Å². The van der Waals surface area contributed by atoms with Gasteiger partial charge in [0.2, 0.25) is 10.0 Å². The monoisotopic (exact) mass is 400 g/mol. The van der Waals surface area contributed by atoms with Crippen LogP contribution in [0.1, 0.15) is 23.4 Å². The zero-order valence-electron chi connectivity index (χ0n) is 15.2. The smallest absolute Gasteiger partial charge is 0.267 e. The van der Waals surface area contributed by atoms with Crippen LogP contribution >= 0.6 is 0 Å². The summed E-state index contributed by atoms with van der Waals surface area (Å²) in [6, 6.07) is 8.90. The highest BCUT2D eigenvalue weighted by atomic mass is 32.2. The van der Waals surface area contributed by atoms with E-state index in [0.29, 0.717) is 30.9 Å². The van der Waals surface area contributed by atoms with Crippen molar-refractivity contribution < 1.29 is 12.9 Å². The Morgan fingerprint density at radius 3 is 2.86 bits per heavy atom. The molecule has 3 aromatic rings. The Morgan fingerprint density at radius 2 is 2.00 bits per heavy atom. The molecule has 0 radical (unpaired) electrons. The van der Waals surface area contributed by atoms with E-state index in [1.54, 1.807) is 12.1 Å². The molecule has 9 heteroatoms. The van der Waals surface area contributed by atoms with E-state index in [1.807, 2.05) is 18.2 Å². The lowest BCUT2D eigenvalue weighted by Crippen LogP contribution is -2.52. The molecule has 2 aliphatic rings. The van der Waals surface area contributed by atoms with Crippen molar-refractivity contribution in [3.8, 4) is 0 Å². The van der Waals surface area contributed by atoms with E-state index in [9.17, 15) is 13.2 Å². The summed E-state index contributed by atoms with van der Waals surface area (Å²) in [6.45, 7) is 1.23. The van der Waals surface area contributed by atoms with E-state index in [-0.39, 0.29) is 17.2 Å². The number of aromatic nitrogens is 3. The molecule has 146 valence electrons. The van der Waals surface area contributed by atoms with Crippen LogP contribution in [0.5, 0.6) is 0 Å². The van der Waals surface area contributed by atoms with Crippen molar-refractivity contribution in [2.75, 3.05) is 13.1 Å².